The molecule has 0 unspecified atom stereocenters. The number of carbonyl (C=O) groups excluding carboxylic acids is 2. The molecule has 4 N–H and O–H groups in total. The maximum absolute atomic E-state index is 13.1. The highest BCUT2D eigenvalue weighted by Crippen LogP contribution is 2.33. The van der Waals surface area contributed by atoms with Crippen LogP contribution >= 0.6 is 0 Å². The van der Waals surface area contributed by atoms with Crippen LogP contribution in [0.3, 0.4) is 0 Å². The number of non-ortho nitro benzene ring substituents is 1. The monoisotopic (exact) mass is 480 g/mol. The number of hydrogen-bond acceptors (Lipinski definition) is 9. The number of H-pyrrole nitrogens is 1. The molecule has 4 rings (SSSR count). The molecule has 35 heavy (non-hydrogen) atoms. The van der Waals surface area contributed by atoms with Gasteiger partial charge in [-0.3, -0.25) is 29.5 Å². The number of carbonyl (C=O) groups is 2. The zero-order chi connectivity index (χ0) is 25.1. The van der Waals surface area contributed by atoms with Gasteiger partial charge in [0, 0.05) is 18.2 Å². The highest BCUT2D eigenvalue weighted by Gasteiger charge is 2.35. The number of nitrogens with one attached hydrogen (secondary N) is 4. The van der Waals surface area contributed by atoms with Gasteiger partial charge in [-0.2, -0.15) is 4.98 Å². The van der Waals surface area contributed by atoms with Gasteiger partial charge in [-0.25, -0.2) is 0 Å². The average Bonchev–Trinajstić information content (AvgIpc) is 2.83. The van der Waals surface area contributed by atoms with Crippen molar-refractivity contribution in [2.45, 2.75) is 12.3 Å². The molecule has 0 saturated heterocycles. The first-order valence-corrected chi connectivity index (χ1v) is 10.3. The molecule has 1 aromatic heterocycles. The summed E-state index contributed by atoms with van der Waals surface area (Å²) < 4.78 is 10.2. The van der Waals surface area contributed by atoms with Gasteiger partial charge in [0.2, 0.25) is 17.8 Å². The van der Waals surface area contributed by atoms with Crippen molar-refractivity contribution in [1.82, 2.24) is 9.97 Å². The second-order valence-electron chi connectivity index (χ2n) is 7.47. The van der Waals surface area contributed by atoms with E-state index in [9.17, 15) is 24.5 Å². The fraction of sp³-hybridized carbons (Fsp3) is 0.182. The van der Waals surface area contributed by atoms with Crippen molar-refractivity contribution in [1.29, 1.82) is 0 Å². The van der Waals surface area contributed by atoms with Gasteiger partial charge in [0.25, 0.3) is 11.2 Å². The number of aromatic amines is 1. The Kier molecular flexibility index (Phi) is 6.31. The van der Waals surface area contributed by atoms with Crippen molar-refractivity contribution < 1.29 is 24.0 Å². The SMILES string of the molecule is COc1ccc(Nc2nc3c(c(=O)[nH]2)[C@@H](C(=O)Nc2ccc([N+](=O)[O-])cc2OC)CC(=O)N3)cc1. The van der Waals surface area contributed by atoms with Gasteiger partial charge in [-0.15, -0.1) is 0 Å². The fourth-order valence-corrected chi connectivity index (χ4v) is 3.58. The maximum atomic E-state index is 13.1. The summed E-state index contributed by atoms with van der Waals surface area (Å²) in [6, 6.07) is 10.5. The van der Waals surface area contributed by atoms with Crippen molar-refractivity contribution in [3.05, 3.63) is 68.5 Å². The first-order chi connectivity index (χ1) is 16.8. The Labute approximate surface area is 197 Å². The van der Waals surface area contributed by atoms with E-state index in [1.54, 1.807) is 24.3 Å². The molecule has 2 amide bonds. The number of nitrogens with zero attached hydrogens (tertiary/aromatic N) is 2. The van der Waals surface area contributed by atoms with E-state index in [2.05, 4.69) is 25.9 Å². The van der Waals surface area contributed by atoms with Gasteiger partial charge >= 0.3 is 0 Å². The highest BCUT2D eigenvalue weighted by molar-refractivity contribution is 6.05. The van der Waals surface area contributed by atoms with Gasteiger partial charge in [0.15, 0.2) is 0 Å². The Morgan fingerprint density at radius 1 is 1.14 bits per heavy atom. The number of amides is 2. The zero-order valence-corrected chi connectivity index (χ0v) is 18.6. The molecule has 1 atom stereocenters. The Bertz CT molecular complexity index is 1370. The van der Waals surface area contributed by atoms with E-state index in [4.69, 9.17) is 9.47 Å². The molecular weight excluding hydrogens is 460 g/mol. The van der Waals surface area contributed by atoms with Gasteiger partial charge in [0.1, 0.15) is 17.3 Å². The number of ether oxygens (including phenoxy) is 2. The third-order valence-corrected chi connectivity index (χ3v) is 5.27. The molecule has 0 radical (unpaired) electrons. The molecule has 3 aromatic rings. The van der Waals surface area contributed by atoms with Gasteiger partial charge in [0.05, 0.1) is 42.4 Å². The summed E-state index contributed by atoms with van der Waals surface area (Å²) in [6.07, 6.45) is -0.288. The summed E-state index contributed by atoms with van der Waals surface area (Å²) in [5.41, 5.74) is -0.0849. The molecule has 1 aliphatic heterocycles. The minimum atomic E-state index is -1.15. The second-order valence-corrected chi connectivity index (χ2v) is 7.47. The van der Waals surface area contributed by atoms with Crippen LogP contribution in [0, 0.1) is 10.1 Å². The summed E-state index contributed by atoms with van der Waals surface area (Å²) in [5.74, 6) is -1.59. The number of aromatic nitrogens is 2. The Hall–Kier alpha value is -4.94. The molecular formula is C22H20N6O7. The predicted octanol–water partition coefficient (Wildman–Crippen LogP) is 2.50. The van der Waals surface area contributed by atoms with Crippen LogP contribution in [-0.4, -0.2) is 40.9 Å². The van der Waals surface area contributed by atoms with Crippen LogP contribution in [0.15, 0.2) is 47.3 Å². The zero-order valence-electron chi connectivity index (χ0n) is 18.6. The van der Waals surface area contributed by atoms with Crippen molar-refractivity contribution in [2.24, 2.45) is 0 Å². The Morgan fingerprint density at radius 3 is 2.54 bits per heavy atom. The van der Waals surface area contributed by atoms with Crippen molar-refractivity contribution >= 4 is 40.6 Å². The van der Waals surface area contributed by atoms with E-state index < -0.39 is 28.2 Å². The van der Waals surface area contributed by atoms with Crippen LogP contribution in [0.5, 0.6) is 11.5 Å². The molecule has 1 aliphatic rings. The molecule has 13 heteroatoms. The molecule has 180 valence electrons. The standard InChI is InChI=1S/C22H20N6O7/c1-34-13-6-3-11(4-7-13)23-22-26-19-18(21(31)27-22)14(10-17(29)25-19)20(30)24-15-8-5-12(28(32)33)9-16(15)35-2/h3-9,14H,10H2,1-2H3,(H,24,30)(H3,23,25,26,27,29,31)/t14-/m0/s1. The van der Waals surface area contributed by atoms with Crippen LogP contribution in [-0.2, 0) is 9.59 Å². The lowest BCUT2D eigenvalue weighted by atomic mass is 9.92. The normalized spacial score (nSPS) is 14.3. The number of nitro groups is 1. The molecule has 0 saturated carbocycles. The van der Waals surface area contributed by atoms with Gasteiger partial charge in [-0.05, 0) is 30.3 Å². The lowest BCUT2D eigenvalue weighted by molar-refractivity contribution is -0.384. The summed E-state index contributed by atoms with van der Waals surface area (Å²) in [4.78, 5) is 55.5. The first-order valence-electron chi connectivity index (χ1n) is 10.3. The fourth-order valence-electron chi connectivity index (χ4n) is 3.58. The van der Waals surface area contributed by atoms with Crippen molar-refractivity contribution in [2.75, 3.05) is 30.2 Å². The van der Waals surface area contributed by atoms with E-state index in [-0.39, 0.29) is 40.9 Å². The lowest BCUT2D eigenvalue weighted by Gasteiger charge is -2.24. The van der Waals surface area contributed by atoms with Crippen LogP contribution < -0.4 is 31.0 Å². The summed E-state index contributed by atoms with van der Waals surface area (Å²) in [6.45, 7) is 0. The Balaban J connectivity index is 1.61. The number of fused-ring (bicyclic) bond motifs is 1. The predicted molar refractivity (Wildman–Crippen MR) is 125 cm³/mol. The maximum Gasteiger partial charge on any atom is 0.273 e. The number of methoxy groups -OCH3 is 2. The summed E-state index contributed by atoms with van der Waals surface area (Å²) >= 11 is 0. The van der Waals surface area contributed by atoms with Crippen LogP contribution in [0.2, 0.25) is 0 Å². The third-order valence-electron chi connectivity index (χ3n) is 5.27. The van der Waals surface area contributed by atoms with Crippen molar-refractivity contribution in [3.8, 4) is 11.5 Å². The lowest BCUT2D eigenvalue weighted by Crippen LogP contribution is -2.36. The molecule has 2 aromatic carbocycles. The number of rotatable bonds is 7. The van der Waals surface area contributed by atoms with Gasteiger partial charge in [-0.1, -0.05) is 0 Å². The van der Waals surface area contributed by atoms with Crippen LogP contribution in [0.4, 0.5) is 28.8 Å². The summed E-state index contributed by atoms with van der Waals surface area (Å²) in [7, 11) is 2.84. The molecule has 2 heterocycles. The topological polar surface area (TPSA) is 178 Å². The first kappa shape index (κ1) is 23.2. The quantitative estimate of drug-likeness (QED) is 0.292. The molecule has 0 spiro atoms. The minimum Gasteiger partial charge on any atom is -0.497 e. The smallest absolute Gasteiger partial charge is 0.273 e. The number of benzene rings is 2. The second kappa shape index (κ2) is 9.51. The van der Waals surface area contributed by atoms with Crippen molar-refractivity contribution in [3.63, 3.8) is 0 Å². The summed E-state index contributed by atoms with van der Waals surface area (Å²) in [5, 5.41) is 19.0. The molecule has 0 bridgehead atoms. The number of hydrogen-bond donors (Lipinski definition) is 4. The average molecular weight is 480 g/mol. The molecule has 0 fully saturated rings. The highest BCUT2D eigenvalue weighted by atomic mass is 16.6. The Morgan fingerprint density at radius 2 is 1.89 bits per heavy atom. The molecule has 13 nitrogen and oxygen atoms in total. The van der Waals surface area contributed by atoms with Crippen LogP contribution in [0.25, 0.3) is 0 Å². The number of nitro benzene ring substituents is 1. The number of anilines is 4. The van der Waals surface area contributed by atoms with E-state index in [1.807, 2.05) is 0 Å². The van der Waals surface area contributed by atoms with E-state index >= 15 is 0 Å². The van der Waals surface area contributed by atoms with E-state index in [0.29, 0.717) is 11.4 Å². The molecule has 0 aliphatic carbocycles. The third kappa shape index (κ3) is 4.88. The van der Waals surface area contributed by atoms with Crippen LogP contribution in [0.1, 0.15) is 17.9 Å². The van der Waals surface area contributed by atoms with Gasteiger partial charge < -0.3 is 25.4 Å². The largest absolute Gasteiger partial charge is 0.497 e. The van der Waals surface area contributed by atoms with E-state index in [1.165, 1.54) is 26.4 Å². The minimum absolute atomic E-state index is 0.0109. The van der Waals surface area contributed by atoms with E-state index in [0.717, 1.165) is 6.07 Å².